The molecule has 0 aromatic heterocycles. The molecule has 0 heterocycles. The summed E-state index contributed by atoms with van der Waals surface area (Å²) in [5.74, 6) is -0.709. The third kappa shape index (κ3) is 5.26. The summed E-state index contributed by atoms with van der Waals surface area (Å²) in [5, 5.41) is 20.6. The van der Waals surface area contributed by atoms with E-state index in [2.05, 4.69) is 52.0 Å². The summed E-state index contributed by atoms with van der Waals surface area (Å²) in [6, 6.07) is 0. The summed E-state index contributed by atoms with van der Waals surface area (Å²) in [5.41, 5.74) is 4.03. The van der Waals surface area contributed by atoms with Gasteiger partial charge >= 0.3 is 5.97 Å². The highest BCUT2D eigenvalue weighted by Crippen LogP contribution is 2.53. The number of fused-ring (bicyclic) bond motifs is 2. The fraction of sp³-hybridized carbons (Fsp3) is 0.640. The van der Waals surface area contributed by atoms with Gasteiger partial charge in [-0.2, -0.15) is 0 Å². The first-order valence-corrected chi connectivity index (χ1v) is 10.8. The van der Waals surface area contributed by atoms with Crippen LogP contribution < -0.4 is 0 Å². The van der Waals surface area contributed by atoms with E-state index in [1.165, 1.54) is 16.7 Å². The lowest BCUT2D eigenvalue weighted by Crippen LogP contribution is -2.48. The number of allylic oxidation sites excluding steroid dienone is 7. The van der Waals surface area contributed by atoms with Crippen molar-refractivity contribution in [1.29, 1.82) is 0 Å². The van der Waals surface area contributed by atoms with Gasteiger partial charge < -0.3 is 10.2 Å². The van der Waals surface area contributed by atoms with Crippen LogP contribution in [0, 0.1) is 17.3 Å². The Labute approximate surface area is 170 Å². The number of carboxylic acids is 1. The lowest BCUT2D eigenvalue weighted by atomic mass is 9.55. The number of carbonyl (C=O) groups is 1. The highest BCUT2D eigenvalue weighted by molar-refractivity contribution is 5.76. The normalized spacial score (nSPS) is 32.5. The summed E-state index contributed by atoms with van der Waals surface area (Å²) < 4.78 is 0. The standard InChI is InChI=1S/C25H38O3/c1-18(2)7-6-16-25(24(27)28)22-13-10-19(3)8-5-9-20(4)11-15-23(25)21(17-26)12-14-22/h7,9-10,12,22-23,26H,5-6,8,11,13-17H2,1-4H3,(H,27,28)/b19-10+,20-9+/t22-,23+,25-/m1/s1. The molecule has 0 fully saturated rings. The maximum atomic E-state index is 12.8. The molecular weight excluding hydrogens is 348 g/mol. The van der Waals surface area contributed by atoms with Crippen LogP contribution in [0.4, 0.5) is 0 Å². The Morgan fingerprint density at radius 2 is 1.82 bits per heavy atom. The molecule has 0 radical (unpaired) electrons. The second-order valence-electron chi connectivity index (χ2n) is 9.00. The molecule has 0 amide bonds. The van der Waals surface area contributed by atoms with Crippen LogP contribution in [0.1, 0.15) is 79.1 Å². The van der Waals surface area contributed by atoms with Crippen LogP contribution in [0.15, 0.2) is 46.6 Å². The molecule has 2 aliphatic carbocycles. The Morgan fingerprint density at radius 1 is 1.14 bits per heavy atom. The van der Waals surface area contributed by atoms with E-state index in [0.29, 0.717) is 6.42 Å². The molecule has 28 heavy (non-hydrogen) atoms. The van der Waals surface area contributed by atoms with Gasteiger partial charge in [0.15, 0.2) is 0 Å². The van der Waals surface area contributed by atoms with Crippen LogP contribution >= 0.6 is 0 Å². The number of aliphatic hydroxyl groups excluding tert-OH is 1. The predicted octanol–water partition coefficient (Wildman–Crippen LogP) is 6.22. The number of hydrogen-bond donors (Lipinski definition) is 2. The Kier molecular flexibility index (Phi) is 8.30. The maximum Gasteiger partial charge on any atom is 0.310 e. The van der Waals surface area contributed by atoms with E-state index in [9.17, 15) is 15.0 Å². The first-order valence-electron chi connectivity index (χ1n) is 10.8. The van der Waals surface area contributed by atoms with E-state index >= 15 is 0 Å². The van der Waals surface area contributed by atoms with Gasteiger partial charge in [-0.1, -0.05) is 41.0 Å². The Balaban J connectivity index is 2.53. The molecule has 0 saturated carbocycles. The Bertz CT molecular complexity index is 676. The Hall–Kier alpha value is -1.61. The topological polar surface area (TPSA) is 57.5 Å². The summed E-state index contributed by atoms with van der Waals surface area (Å²) in [7, 11) is 0. The fourth-order valence-electron chi connectivity index (χ4n) is 5.06. The predicted molar refractivity (Wildman–Crippen MR) is 116 cm³/mol. The van der Waals surface area contributed by atoms with E-state index in [4.69, 9.17) is 0 Å². The van der Waals surface area contributed by atoms with Crippen LogP contribution in [0.2, 0.25) is 0 Å². The van der Waals surface area contributed by atoms with Gasteiger partial charge in [0.05, 0.1) is 12.0 Å². The molecule has 2 N–H and O–H groups in total. The van der Waals surface area contributed by atoms with Crippen LogP contribution in [-0.4, -0.2) is 22.8 Å². The molecule has 0 aromatic rings. The largest absolute Gasteiger partial charge is 0.481 e. The molecule has 0 spiro atoms. The van der Waals surface area contributed by atoms with Gasteiger partial charge in [-0.25, -0.2) is 0 Å². The molecule has 3 nitrogen and oxygen atoms in total. The number of aliphatic hydroxyl groups is 1. The number of rotatable bonds is 5. The van der Waals surface area contributed by atoms with Crippen molar-refractivity contribution < 1.29 is 15.0 Å². The second kappa shape index (κ2) is 10.2. The van der Waals surface area contributed by atoms with Crippen molar-refractivity contribution >= 4 is 5.97 Å². The van der Waals surface area contributed by atoms with E-state index < -0.39 is 11.4 Å². The van der Waals surface area contributed by atoms with Crippen molar-refractivity contribution in [1.82, 2.24) is 0 Å². The first-order chi connectivity index (χ1) is 13.3. The van der Waals surface area contributed by atoms with Gasteiger partial charge in [0, 0.05) is 0 Å². The zero-order valence-electron chi connectivity index (χ0n) is 18.1. The molecule has 156 valence electrons. The summed E-state index contributed by atoms with van der Waals surface area (Å²) in [4.78, 5) is 12.8. The van der Waals surface area contributed by atoms with E-state index in [-0.39, 0.29) is 18.4 Å². The highest BCUT2D eigenvalue weighted by atomic mass is 16.4. The zero-order valence-corrected chi connectivity index (χ0v) is 18.1. The van der Waals surface area contributed by atoms with Crippen molar-refractivity contribution in [3.63, 3.8) is 0 Å². The first kappa shape index (κ1) is 22.7. The number of hydrogen-bond acceptors (Lipinski definition) is 2. The van der Waals surface area contributed by atoms with Crippen molar-refractivity contribution in [3.05, 3.63) is 46.6 Å². The van der Waals surface area contributed by atoms with Gasteiger partial charge in [-0.15, -0.1) is 0 Å². The minimum Gasteiger partial charge on any atom is -0.481 e. The van der Waals surface area contributed by atoms with Crippen molar-refractivity contribution in [2.45, 2.75) is 79.1 Å². The smallest absolute Gasteiger partial charge is 0.310 e. The average Bonchev–Trinajstić information content (AvgIpc) is 2.63. The minimum absolute atomic E-state index is 0.0350. The lowest BCUT2D eigenvalue weighted by molar-refractivity contribution is -0.158. The molecule has 0 aromatic carbocycles. The van der Waals surface area contributed by atoms with E-state index in [1.807, 2.05) is 0 Å². The lowest BCUT2D eigenvalue weighted by Gasteiger charge is -2.47. The van der Waals surface area contributed by atoms with Gasteiger partial charge in [-0.05, 0) is 96.5 Å². The van der Waals surface area contributed by atoms with Crippen LogP contribution in [0.5, 0.6) is 0 Å². The van der Waals surface area contributed by atoms with Crippen molar-refractivity contribution in [2.75, 3.05) is 6.61 Å². The van der Waals surface area contributed by atoms with Gasteiger partial charge in [-0.3, -0.25) is 4.79 Å². The van der Waals surface area contributed by atoms with Gasteiger partial charge in [0.25, 0.3) is 0 Å². The van der Waals surface area contributed by atoms with Crippen LogP contribution in [0.25, 0.3) is 0 Å². The molecule has 3 heteroatoms. The van der Waals surface area contributed by atoms with Gasteiger partial charge in [0.1, 0.15) is 0 Å². The SMILES string of the molecule is CC(C)=CCC[C@@]1(C(=O)O)[C@H]2CC=C(CO)[C@@H]1CC/C(C)=C/CC/C(C)=C/C2. The number of aliphatic carboxylic acids is 1. The molecule has 0 unspecified atom stereocenters. The van der Waals surface area contributed by atoms with Gasteiger partial charge in [0.2, 0.25) is 0 Å². The van der Waals surface area contributed by atoms with Crippen LogP contribution in [0.3, 0.4) is 0 Å². The molecule has 2 rings (SSSR count). The summed E-state index contributed by atoms with van der Waals surface area (Å²) >= 11 is 0. The van der Waals surface area contributed by atoms with E-state index in [1.54, 1.807) is 0 Å². The monoisotopic (exact) mass is 386 g/mol. The molecule has 3 atom stereocenters. The zero-order chi connectivity index (χ0) is 20.7. The van der Waals surface area contributed by atoms with Crippen molar-refractivity contribution in [3.8, 4) is 0 Å². The molecule has 2 aliphatic rings. The molecular formula is C25H38O3. The summed E-state index contributed by atoms with van der Waals surface area (Å²) in [6.07, 6.45) is 15.6. The minimum atomic E-state index is -0.810. The highest BCUT2D eigenvalue weighted by Gasteiger charge is 2.52. The molecule has 2 bridgehead atoms. The summed E-state index contributed by atoms with van der Waals surface area (Å²) in [6.45, 7) is 8.41. The maximum absolute atomic E-state index is 12.8. The van der Waals surface area contributed by atoms with E-state index in [0.717, 1.165) is 50.5 Å². The average molecular weight is 387 g/mol. The molecule has 0 saturated heterocycles. The van der Waals surface area contributed by atoms with Crippen LogP contribution in [-0.2, 0) is 4.79 Å². The third-order valence-electron chi connectivity index (χ3n) is 6.76. The second-order valence-corrected chi connectivity index (χ2v) is 9.00. The fourth-order valence-corrected chi connectivity index (χ4v) is 5.06. The van der Waals surface area contributed by atoms with Crippen molar-refractivity contribution in [2.24, 2.45) is 17.3 Å². The quantitative estimate of drug-likeness (QED) is 0.552. The Morgan fingerprint density at radius 3 is 2.46 bits per heavy atom. The third-order valence-corrected chi connectivity index (χ3v) is 6.76. The molecule has 0 aliphatic heterocycles. The number of carboxylic acid groups (broad SMARTS) is 1.